The van der Waals surface area contributed by atoms with E-state index in [-0.39, 0.29) is 5.91 Å². The molecule has 0 aliphatic carbocycles. The predicted molar refractivity (Wildman–Crippen MR) is 74.9 cm³/mol. The van der Waals surface area contributed by atoms with Crippen LogP contribution in [0.4, 0.5) is 5.82 Å². The molecule has 1 amide bonds. The number of rotatable bonds is 3. The average molecular weight is 272 g/mol. The number of para-hydroxylation sites is 1. The van der Waals surface area contributed by atoms with E-state index in [1.165, 1.54) is 0 Å². The van der Waals surface area contributed by atoms with Crippen LogP contribution in [0, 0.1) is 0 Å². The highest BCUT2D eigenvalue weighted by Gasteiger charge is 2.19. The highest BCUT2D eigenvalue weighted by molar-refractivity contribution is 6.06. The molecule has 3 rings (SSSR count). The van der Waals surface area contributed by atoms with Gasteiger partial charge >= 0.3 is 0 Å². The normalized spacial score (nSPS) is 13.7. The highest BCUT2D eigenvalue weighted by Crippen LogP contribution is 2.22. The maximum atomic E-state index is 12.3. The van der Waals surface area contributed by atoms with Crippen molar-refractivity contribution in [3.05, 3.63) is 41.1 Å². The third kappa shape index (κ3) is 2.25. The fourth-order valence-corrected chi connectivity index (χ4v) is 2.34. The van der Waals surface area contributed by atoms with Gasteiger partial charge in [-0.25, -0.2) is 0 Å². The molecule has 1 aliphatic rings. The van der Waals surface area contributed by atoms with Crippen LogP contribution in [0.15, 0.2) is 24.3 Å². The number of methoxy groups -OCH3 is 1. The Hall–Kier alpha value is -2.34. The summed E-state index contributed by atoms with van der Waals surface area (Å²) in [6.45, 7) is 1.64. The van der Waals surface area contributed by atoms with Crippen molar-refractivity contribution in [3.8, 4) is 5.75 Å². The molecule has 2 aromatic rings. The molecule has 3 N–H and O–H groups in total. The third-order valence-corrected chi connectivity index (χ3v) is 3.39. The Labute approximate surface area is 116 Å². The van der Waals surface area contributed by atoms with Crippen LogP contribution in [0.3, 0.4) is 0 Å². The third-order valence-electron chi connectivity index (χ3n) is 3.39. The minimum Gasteiger partial charge on any atom is -0.496 e. The first-order valence-electron chi connectivity index (χ1n) is 6.51. The van der Waals surface area contributed by atoms with Crippen LogP contribution < -0.4 is 15.4 Å². The topological polar surface area (TPSA) is 79.0 Å². The van der Waals surface area contributed by atoms with Gasteiger partial charge in [-0.05, 0) is 12.1 Å². The molecule has 0 atom stereocenters. The van der Waals surface area contributed by atoms with Gasteiger partial charge in [0, 0.05) is 30.8 Å². The molecule has 6 heteroatoms. The smallest absolute Gasteiger partial charge is 0.260 e. The second-order valence-corrected chi connectivity index (χ2v) is 4.61. The molecule has 1 aliphatic heterocycles. The second-order valence-electron chi connectivity index (χ2n) is 4.61. The fraction of sp³-hybridized carbons (Fsp3) is 0.286. The molecule has 0 bridgehead atoms. The van der Waals surface area contributed by atoms with Crippen molar-refractivity contribution in [1.82, 2.24) is 15.5 Å². The number of carbonyl (C=O) groups is 1. The maximum absolute atomic E-state index is 12.3. The van der Waals surface area contributed by atoms with Crippen LogP contribution in [0.25, 0.3) is 0 Å². The van der Waals surface area contributed by atoms with Gasteiger partial charge in [0.25, 0.3) is 5.91 Å². The van der Waals surface area contributed by atoms with Gasteiger partial charge in [-0.3, -0.25) is 9.89 Å². The molecule has 1 aromatic carbocycles. The Bertz CT molecular complexity index is 636. The monoisotopic (exact) mass is 272 g/mol. The van der Waals surface area contributed by atoms with Crippen molar-refractivity contribution >= 4 is 11.7 Å². The van der Waals surface area contributed by atoms with Crippen LogP contribution in [0.1, 0.15) is 21.6 Å². The number of anilines is 1. The van der Waals surface area contributed by atoms with E-state index in [0.717, 1.165) is 24.2 Å². The van der Waals surface area contributed by atoms with E-state index >= 15 is 0 Å². The summed E-state index contributed by atoms with van der Waals surface area (Å²) in [7, 11) is 1.55. The summed E-state index contributed by atoms with van der Waals surface area (Å²) in [6.07, 6.45) is 0.896. The molecule has 0 spiro atoms. The molecule has 0 unspecified atom stereocenters. The molecule has 0 fully saturated rings. The van der Waals surface area contributed by atoms with Crippen molar-refractivity contribution in [2.45, 2.75) is 13.0 Å². The predicted octanol–water partition coefficient (Wildman–Crippen LogP) is 1.32. The van der Waals surface area contributed by atoms with Gasteiger partial charge in [-0.2, -0.15) is 5.10 Å². The van der Waals surface area contributed by atoms with Gasteiger partial charge < -0.3 is 15.4 Å². The van der Waals surface area contributed by atoms with Gasteiger partial charge in [0.15, 0.2) is 5.82 Å². The highest BCUT2D eigenvalue weighted by atomic mass is 16.5. The van der Waals surface area contributed by atoms with Crippen molar-refractivity contribution in [3.63, 3.8) is 0 Å². The molecule has 0 saturated heterocycles. The molecule has 20 heavy (non-hydrogen) atoms. The number of ether oxygens (including phenoxy) is 1. The number of aromatic nitrogens is 2. The van der Waals surface area contributed by atoms with E-state index in [4.69, 9.17) is 4.74 Å². The van der Waals surface area contributed by atoms with E-state index in [2.05, 4.69) is 20.8 Å². The minimum atomic E-state index is -0.220. The van der Waals surface area contributed by atoms with Gasteiger partial charge in [-0.15, -0.1) is 0 Å². The number of benzene rings is 1. The molecule has 6 nitrogen and oxygen atoms in total. The lowest BCUT2D eigenvalue weighted by Crippen LogP contribution is -2.24. The zero-order chi connectivity index (χ0) is 13.9. The zero-order valence-corrected chi connectivity index (χ0v) is 11.2. The van der Waals surface area contributed by atoms with Crippen molar-refractivity contribution in [2.24, 2.45) is 0 Å². The summed E-state index contributed by atoms with van der Waals surface area (Å²) < 4.78 is 5.20. The molecule has 2 heterocycles. The Morgan fingerprint density at radius 2 is 2.25 bits per heavy atom. The van der Waals surface area contributed by atoms with E-state index in [0.29, 0.717) is 23.7 Å². The molecule has 1 aromatic heterocycles. The Kier molecular flexibility index (Phi) is 3.39. The van der Waals surface area contributed by atoms with Crippen LogP contribution in [0.5, 0.6) is 5.75 Å². The lowest BCUT2D eigenvalue weighted by atomic mass is 10.1. The quantitative estimate of drug-likeness (QED) is 0.787. The Balaban J connectivity index is 1.84. The number of hydrogen-bond donors (Lipinski definition) is 3. The van der Waals surface area contributed by atoms with Crippen molar-refractivity contribution in [1.29, 1.82) is 0 Å². The molecule has 104 valence electrons. The fourth-order valence-electron chi connectivity index (χ4n) is 2.34. The van der Waals surface area contributed by atoms with Gasteiger partial charge in [0.2, 0.25) is 0 Å². The number of fused-ring (bicyclic) bond motifs is 1. The lowest BCUT2D eigenvalue weighted by Gasteiger charge is -2.13. The van der Waals surface area contributed by atoms with Crippen LogP contribution in [-0.2, 0) is 13.0 Å². The standard InChI is InChI=1S/C14H16N4O2/c1-20-12-5-3-2-4-9(12)14(19)16-13-10-8-15-7-6-11(10)17-18-13/h2-5,15H,6-8H2,1H3,(H2,16,17,18,19). The Morgan fingerprint density at radius 1 is 1.40 bits per heavy atom. The van der Waals surface area contributed by atoms with Gasteiger partial charge in [0.1, 0.15) is 5.75 Å². The molecule has 0 saturated carbocycles. The average Bonchev–Trinajstić information content (AvgIpc) is 2.90. The van der Waals surface area contributed by atoms with Crippen molar-refractivity contribution in [2.75, 3.05) is 19.0 Å². The number of aromatic amines is 1. The number of nitrogens with zero attached hydrogens (tertiary/aromatic N) is 1. The number of H-pyrrole nitrogens is 1. The molecular weight excluding hydrogens is 256 g/mol. The molecular formula is C14H16N4O2. The number of nitrogens with one attached hydrogen (secondary N) is 3. The summed E-state index contributed by atoms with van der Waals surface area (Å²) in [5, 5.41) is 13.3. The van der Waals surface area contributed by atoms with E-state index in [1.807, 2.05) is 6.07 Å². The summed E-state index contributed by atoms with van der Waals surface area (Å²) in [5.74, 6) is 0.915. The first kappa shape index (κ1) is 12.7. The summed E-state index contributed by atoms with van der Waals surface area (Å²) >= 11 is 0. The van der Waals surface area contributed by atoms with Crippen LogP contribution in [-0.4, -0.2) is 29.8 Å². The van der Waals surface area contributed by atoms with Gasteiger partial charge in [-0.1, -0.05) is 12.1 Å². The summed E-state index contributed by atoms with van der Waals surface area (Å²) in [4.78, 5) is 12.3. The van der Waals surface area contributed by atoms with E-state index in [9.17, 15) is 4.79 Å². The largest absolute Gasteiger partial charge is 0.496 e. The number of amides is 1. The van der Waals surface area contributed by atoms with Crippen molar-refractivity contribution < 1.29 is 9.53 Å². The van der Waals surface area contributed by atoms with E-state index < -0.39 is 0 Å². The number of carbonyl (C=O) groups excluding carboxylic acids is 1. The van der Waals surface area contributed by atoms with E-state index in [1.54, 1.807) is 25.3 Å². The molecule has 0 radical (unpaired) electrons. The van der Waals surface area contributed by atoms with Gasteiger partial charge in [0.05, 0.1) is 12.7 Å². The van der Waals surface area contributed by atoms with Crippen LogP contribution in [0.2, 0.25) is 0 Å². The first-order chi connectivity index (χ1) is 9.79. The number of hydrogen-bond acceptors (Lipinski definition) is 4. The van der Waals surface area contributed by atoms with Crippen LogP contribution >= 0.6 is 0 Å². The maximum Gasteiger partial charge on any atom is 0.260 e. The summed E-state index contributed by atoms with van der Waals surface area (Å²) in [5.41, 5.74) is 2.61. The first-order valence-corrected chi connectivity index (χ1v) is 6.51. The lowest BCUT2D eigenvalue weighted by molar-refractivity contribution is 0.102. The Morgan fingerprint density at radius 3 is 3.10 bits per heavy atom. The zero-order valence-electron chi connectivity index (χ0n) is 11.2. The minimum absolute atomic E-state index is 0.220. The second kappa shape index (κ2) is 5.34. The summed E-state index contributed by atoms with van der Waals surface area (Å²) in [6, 6.07) is 7.12. The SMILES string of the molecule is COc1ccccc1C(=O)Nc1n[nH]c2c1CNCC2.